The SMILES string of the molecule is COc1ccc(OC)c(NC(=O)N2CCCN(C(=O)c3ccoc3)CC2)c1. The van der Waals surface area contributed by atoms with Gasteiger partial charge in [0.05, 0.1) is 31.7 Å². The van der Waals surface area contributed by atoms with Crippen molar-refractivity contribution < 1.29 is 23.5 Å². The molecule has 3 amide bonds. The maximum absolute atomic E-state index is 12.7. The third-order valence-electron chi connectivity index (χ3n) is 4.49. The first kappa shape index (κ1) is 18.6. The molecule has 8 heteroatoms. The molecule has 0 bridgehead atoms. The number of ether oxygens (including phenoxy) is 2. The minimum Gasteiger partial charge on any atom is -0.497 e. The van der Waals surface area contributed by atoms with E-state index >= 15 is 0 Å². The Bertz CT molecular complexity index is 791. The fourth-order valence-corrected chi connectivity index (χ4v) is 3.00. The highest BCUT2D eigenvalue weighted by atomic mass is 16.5. The number of carbonyl (C=O) groups is 2. The number of carbonyl (C=O) groups excluding carboxylic acids is 2. The minimum atomic E-state index is -0.237. The van der Waals surface area contributed by atoms with Crippen molar-refractivity contribution in [1.29, 1.82) is 0 Å². The number of benzene rings is 1. The minimum absolute atomic E-state index is 0.0829. The Kier molecular flexibility index (Phi) is 5.85. The zero-order valence-electron chi connectivity index (χ0n) is 15.4. The molecule has 144 valence electrons. The molecule has 3 rings (SSSR count). The Labute approximate surface area is 157 Å². The lowest BCUT2D eigenvalue weighted by Crippen LogP contribution is -2.39. The highest BCUT2D eigenvalue weighted by Crippen LogP contribution is 2.29. The number of furan rings is 1. The van der Waals surface area contributed by atoms with Crippen molar-refractivity contribution in [3.63, 3.8) is 0 Å². The number of urea groups is 1. The molecule has 27 heavy (non-hydrogen) atoms. The lowest BCUT2D eigenvalue weighted by Gasteiger charge is -2.23. The molecule has 8 nitrogen and oxygen atoms in total. The van der Waals surface area contributed by atoms with E-state index in [0.717, 1.165) is 0 Å². The van der Waals surface area contributed by atoms with Crippen LogP contribution in [0.25, 0.3) is 0 Å². The molecule has 0 radical (unpaired) electrons. The number of amides is 3. The van der Waals surface area contributed by atoms with Crippen molar-refractivity contribution >= 4 is 17.6 Å². The monoisotopic (exact) mass is 373 g/mol. The van der Waals surface area contributed by atoms with Crippen molar-refractivity contribution in [2.45, 2.75) is 6.42 Å². The second-order valence-corrected chi connectivity index (χ2v) is 6.14. The van der Waals surface area contributed by atoms with E-state index in [9.17, 15) is 9.59 Å². The molecule has 2 aromatic rings. The summed E-state index contributed by atoms with van der Waals surface area (Å²) in [5.74, 6) is 1.09. The molecule has 1 saturated heterocycles. The Balaban J connectivity index is 1.64. The van der Waals surface area contributed by atoms with Crippen molar-refractivity contribution in [3.8, 4) is 11.5 Å². The van der Waals surface area contributed by atoms with Crippen LogP contribution in [0.15, 0.2) is 41.2 Å². The van der Waals surface area contributed by atoms with Crippen LogP contribution in [0.1, 0.15) is 16.8 Å². The predicted molar refractivity (Wildman–Crippen MR) is 99.4 cm³/mol. The summed E-state index contributed by atoms with van der Waals surface area (Å²) in [6, 6.07) is 6.62. The normalized spacial score (nSPS) is 14.4. The van der Waals surface area contributed by atoms with Crippen LogP contribution in [-0.2, 0) is 0 Å². The van der Waals surface area contributed by atoms with E-state index in [1.165, 1.54) is 12.5 Å². The van der Waals surface area contributed by atoms with Crippen LogP contribution in [-0.4, -0.2) is 62.1 Å². The molecule has 0 spiro atoms. The van der Waals surface area contributed by atoms with Gasteiger partial charge in [0.2, 0.25) is 0 Å². The van der Waals surface area contributed by atoms with E-state index in [1.807, 2.05) is 0 Å². The number of nitrogens with one attached hydrogen (secondary N) is 1. The second-order valence-electron chi connectivity index (χ2n) is 6.14. The third-order valence-corrected chi connectivity index (χ3v) is 4.49. The summed E-state index contributed by atoms with van der Waals surface area (Å²) in [6.45, 7) is 2.07. The first-order valence-corrected chi connectivity index (χ1v) is 8.72. The van der Waals surface area contributed by atoms with Crippen molar-refractivity contribution in [1.82, 2.24) is 9.80 Å². The van der Waals surface area contributed by atoms with Gasteiger partial charge in [-0.2, -0.15) is 0 Å². The van der Waals surface area contributed by atoms with Gasteiger partial charge in [-0.3, -0.25) is 4.79 Å². The zero-order valence-corrected chi connectivity index (χ0v) is 15.4. The molecule has 0 saturated carbocycles. The van der Waals surface area contributed by atoms with Crippen LogP contribution in [0.3, 0.4) is 0 Å². The van der Waals surface area contributed by atoms with Gasteiger partial charge in [0, 0.05) is 32.2 Å². The maximum Gasteiger partial charge on any atom is 0.322 e. The van der Waals surface area contributed by atoms with Gasteiger partial charge >= 0.3 is 6.03 Å². The first-order valence-electron chi connectivity index (χ1n) is 8.72. The average Bonchev–Trinajstić information content (AvgIpc) is 3.11. The summed E-state index contributed by atoms with van der Waals surface area (Å²) >= 11 is 0. The Morgan fingerprint density at radius 2 is 1.81 bits per heavy atom. The summed E-state index contributed by atoms with van der Waals surface area (Å²) in [5, 5.41) is 2.87. The van der Waals surface area contributed by atoms with Crippen LogP contribution >= 0.6 is 0 Å². The molecule has 2 heterocycles. The number of hydrogen-bond donors (Lipinski definition) is 1. The van der Waals surface area contributed by atoms with Crippen LogP contribution in [0.2, 0.25) is 0 Å². The van der Waals surface area contributed by atoms with Gasteiger partial charge in [0.15, 0.2) is 0 Å². The fourth-order valence-electron chi connectivity index (χ4n) is 3.00. The van der Waals surface area contributed by atoms with E-state index in [-0.39, 0.29) is 11.9 Å². The summed E-state index contributed by atoms with van der Waals surface area (Å²) < 4.78 is 15.5. The lowest BCUT2D eigenvalue weighted by molar-refractivity contribution is 0.0762. The smallest absolute Gasteiger partial charge is 0.322 e. The first-order chi connectivity index (χ1) is 13.1. The van der Waals surface area contributed by atoms with Crippen LogP contribution < -0.4 is 14.8 Å². The summed E-state index contributed by atoms with van der Waals surface area (Å²) in [7, 11) is 3.11. The van der Waals surface area contributed by atoms with Gasteiger partial charge < -0.3 is 29.0 Å². The molecule has 1 aromatic heterocycles. The molecular formula is C19H23N3O5. The van der Waals surface area contributed by atoms with Gasteiger partial charge in [-0.25, -0.2) is 4.79 Å². The molecule has 1 aliphatic heterocycles. The standard InChI is InChI=1S/C19H23N3O5/c1-25-15-4-5-17(26-2)16(12-15)20-19(24)22-8-3-7-21(9-10-22)18(23)14-6-11-27-13-14/h4-6,11-13H,3,7-10H2,1-2H3,(H,20,24). The fraction of sp³-hybridized carbons (Fsp3) is 0.368. The molecular weight excluding hydrogens is 350 g/mol. The van der Waals surface area contributed by atoms with Crippen LogP contribution in [0.4, 0.5) is 10.5 Å². The number of methoxy groups -OCH3 is 2. The third kappa shape index (κ3) is 4.33. The average molecular weight is 373 g/mol. The summed E-state index contributed by atoms with van der Waals surface area (Å²) in [5.41, 5.74) is 1.06. The summed E-state index contributed by atoms with van der Waals surface area (Å²) in [4.78, 5) is 28.6. The largest absolute Gasteiger partial charge is 0.497 e. The Morgan fingerprint density at radius 1 is 1.04 bits per heavy atom. The van der Waals surface area contributed by atoms with Gasteiger partial charge in [-0.05, 0) is 24.6 Å². The number of rotatable bonds is 4. The molecule has 0 unspecified atom stereocenters. The molecule has 0 atom stereocenters. The number of anilines is 1. The van der Waals surface area contributed by atoms with E-state index in [2.05, 4.69) is 5.32 Å². The molecule has 1 fully saturated rings. The van der Waals surface area contributed by atoms with Gasteiger partial charge in [-0.15, -0.1) is 0 Å². The lowest BCUT2D eigenvalue weighted by atomic mass is 10.2. The molecule has 1 aliphatic rings. The number of hydrogen-bond acceptors (Lipinski definition) is 5. The zero-order chi connectivity index (χ0) is 19.2. The predicted octanol–water partition coefficient (Wildman–Crippen LogP) is 2.68. The quantitative estimate of drug-likeness (QED) is 0.891. The van der Waals surface area contributed by atoms with Crippen molar-refractivity contribution in [2.75, 3.05) is 45.7 Å². The molecule has 1 aromatic carbocycles. The second kappa shape index (κ2) is 8.48. The van der Waals surface area contributed by atoms with E-state index in [0.29, 0.717) is 55.3 Å². The van der Waals surface area contributed by atoms with Crippen molar-refractivity contribution in [3.05, 3.63) is 42.4 Å². The maximum atomic E-state index is 12.7. The Morgan fingerprint density at radius 3 is 2.52 bits per heavy atom. The highest BCUT2D eigenvalue weighted by Gasteiger charge is 2.24. The van der Waals surface area contributed by atoms with E-state index < -0.39 is 0 Å². The Hall–Kier alpha value is -3.16. The van der Waals surface area contributed by atoms with Gasteiger partial charge in [-0.1, -0.05) is 0 Å². The molecule has 1 N–H and O–H groups in total. The van der Waals surface area contributed by atoms with Crippen molar-refractivity contribution in [2.24, 2.45) is 0 Å². The molecule has 0 aliphatic carbocycles. The topological polar surface area (TPSA) is 84.3 Å². The van der Waals surface area contributed by atoms with E-state index in [4.69, 9.17) is 13.9 Å². The van der Waals surface area contributed by atoms with Gasteiger partial charge in [0.25, 0.3) is 5.91 Å². The van der Waals surface area contributed by atoms with Gasteiger partial charge in [0.1, 0.15) is 17.8 Å². The van der Waals surface area contributed by atoms with Crippen LogP contribution in [0, 0.1) is 0 Å². The summed E-state index contributed by atoms with van der Waals surface area (Å²) in [6.07, 6.45) is 3.62. The number of nitrogens with zero attached hydrogens (tertiary/aromatic N) is 2. The van der Waals surface area contributed by atoms with E-state index in [1.54, 1.807) is 48.3 Å². The highest BCUT2D eigenvalue weighted by molar-refractivity contribution is 5.94. The van der Waals surface area contributed by atoms with Crippen LogP contribution in [0.5, 0.6) is 11.5 Å².